The summed E-state index contributed by atoms with van der Waals surface area (Å²) in [4.78, 5) is 0. The van der Waals surface area contributed by atoms with Gasteiger partial charge in [0.1, 0.15) is 5.75 Å². The lowest BCUT2D eigenvalue weighted by Crippen LogP contribution is -2.08. The van der Waals surface area contributed by atoms with Gasteiger partial charge < -0.3 is 9.84 Å². The van der Waals surface area contributed by atoms with Crippen LogP contribution in [0.5, 0.6) is 5.75 Å². The molecular formula is C13H20O2. The molecule has 0 heterocycles. The van der Waals surface area contributed by atoms with Crippen LogP contribution in [0.25, 0.3) is 0 Å². The second-order valence-electron chi connectivity index (χ2n) is 4.01. The van der Waals surface area contributed by atoms with E-state index in [2.05, 4.69) is 13.8 Å². The van der Waals surface area contributed by atoms with Crippen molar-refractivity contribution in [2.75, 3.05) is 6.61 Å². The topological polar surface area (TPSA) is 29.5 Å². The van der Waals surface area contributed by atoms with Crippen LogP contribution in [0.4, 0.5) is 0 Å². The van der Waals surface area contributed by atoms with Gasteiger partial charge in [-0.1, -0.05) is 32.4 Å². The van der Waals surface area contributed by atoms with Crippen LogP contribution >= 0.6 is 0 Å². The molecule has 0 saturated carbocycles. The second kappa shape index (κ2) is 6.46. The van der Waals surface area contributed by atoms with Crippen LogP contribution in [-0.2, 0) is 6.61 Å². The molecule has 0 amide bonds. The van der Waals surface area contributed by atoms with Crippen LogP contribution in [0, 0.1) is 5.92 Å². The third-order valence-corrected chi connectivity index (χ3v) is 2.40. The van der Waals surface area contributed by atoms with Crippen molar-refractivity contribution >= 4 is 0 Å². The first-order valence-electron chi connectivity index (χ1n) is 5.58. The van der Waals surface area contributed by atoms with Gasteiger partial charge in [0.25, 0.3) is 0 Å². The summed E-state index contributed by atoms with van der Waals surface area (Å²) in [5.74, 6) is 1.44. The van der Waals surface area contributed by atoms with E-state index in [-0.39, 0.29) is 6.61 Å². The van der Waals surface area contributed by atoms with Crippen LogP contribution in [0.2, 0.25) is 0 Å². The lowest BCUT2D eigenvalue weighted by Gasteiger charge is -2.12. The zero-order valence-electron chi connectivity index (χ0n) is 9.57. The minimum Gasteiger partial charge on any atom is -0.493 e. The largest absolute Gasteiger partial charge is 0.493 e. The molecule has 15 heavy (non-hydrogen) atoms. The molecule has 1 aromatic rings. The van der Waals surface area contributed by atoms with Crippen molar-refractivity contribution in [3.8, 4) is 5.75 Å². The van der Waals surface area contributed by atoms with Gasteiger partial charge in [-0.25, -0.2) is 0 Å². The Morgan fingerprint density at radius 1 is 1.40 bits per heavy atom. The van der Waals surface area contributed by atoms with Crippen molar-refractivity contribution in [3.63, 3.8) is 0 Å². The van der Waals surface area contributed by atoms with E-state index < -0.39 is 0 Å². The predicted molar refractivity (Wildman–Crippen MR) is 61.9 cm³/mol. The smallest absolute Gasteiger partial charge is 0.119 e. The molecule has 2 heteroatoms. The lowest BCUT2D eigenvalue weighted by molar-refractivity contribution is 0.249. The molecule has 0 radical (unpaired) electrons. The molecule has 0 aliphatic rings. The fourth-order valence-electron chi connectivity index (χ4n) is 1.55. The SMILES string of the molecule is CCCC(C)COc1cccc(CO)c1. The van der Waals surface area contributed by atoms with E-state index in [0.29, 0.717) is 5.92 Å². The maximum atomic E-state index is 8.97. The number of rotatable bonds is 6. The van der Waals surface area contributed by atoms with Crippen LogP contribution in [0.15, 0.2) is 24.3 Å². The van der Waals surface area contributed by atoms with Gasteiger partial charge in [0.15, 0.2) is 0 Å². The highest BCUT2D eigenvalue weighted by Gasteiger charge is 2.02. The zero-order valence-corrected chi connectivity index (χ0v) is 9.57. The number of hydrogen-bond donors (Lipinski definition) is 1. The number of hydrogen-bond acceptors (Lipinski definition) is 2. The van der Waals surface area contributed by atoms with Crippen molar-refractivity contribution in [1.29, 1.82) is 0 Å². The van der Waals surface area contributed by atoms with Gasteiger partial charge in [0, 0.05) is 0 Å². The van der Waals surface area contributed by atoms with Crippen molar-refractivity contribution in [2.24, 2.45) is 5.92 Å². The minimum atomic E-state index is 0.0711. The van der Waals surface area contributed by atoms with E-state index in [0.717, 1.165) is 17.9 Å². The van der Waals surface area contributed by atoms with Crippen LogP contribution in [0.3, 0.4) is 0 Å². The summed E-state index contributed by atoms with van der Waals surface area (Å²) in [6.45, 7) is 5.20. The number of aliphatic hydroxyl groups is 1. The standard InChI is InChI=1S/C13H20O2/c1-3-5-11(2)10-15-13-7-4-6-12(8-13)9-14/h4,6-8,11,14H,3,5,9-10H2,1-2H3. The number of benzene rings is 1. The fourth-order valence-corrected chi connectivity index (χ4v) is 1.55. The van der Waals surface area contributed by atoms with Gasteiger partial charge in [-0.05, 0) is 30.0 Å². The molecular weight excluding hydrogens is 188 g/mol. The quantitative estimate of drug-likeness (QED) is 0.778. The van der Waals surface area contributed by atoms with Gasteiger partial charge in [0.05, 0.1) is 13.2 Å². The molecule has 0 spiro atoms. The molecule has 0 saturated heterocycles. The lowest BCUT2D eigenvalue weighted by atomic mass is 10.1. The highest BCUT2D eigenvalue weighted by atomic mass is 16.5. The summed E-state index contributed by atoms with van der Waals surface area (Å²) in [5, 5.41) is 8.97. The molecule has 1 unspecified atom stereocenters. The van der Waals surface area contributed by atoms with E-state index in [1.165, 1.54) is 12.8 Å². The molecule has 1 rings (SSSR count). The molecule has 0 bridgehead atoms. The summed E-state index contributed by atoms with van der Waals surface area (Å²) >= 11 is 0. The molecule has 84 valence electrons. The Labute approximate surface area is 91.9 Å². The molecule has 1 N–H and O–H groups in total. The van der Waals surface area contributed by atoms with E-state index in [1.807, 2.05) is 24.3 Å². The molecule has 2 nitrogen and oxygen atoms in total. The Morgan fingerprint density at radius 2 is 2.20 bits per heavy atom. The van der Waals surface area contributed by atoms with Crippen LogP contribution in [-0.4, -0.2) is 11.7 Å². The van der Waals surface area contributed by atoms with E-state index >= 15 is 0 Å². The highest BCUT2D eigenvalue weighted by Crippen LogP contribution is 2.15. The van der Waals surface area contributed by atoms with Gasteiger partial charge in [-0.15, -0.1) is 0 Å². The first-order valence-corrected chi connectivity index (χ1v) is 5.58. The van der Waals surface area contributed by atoms with E-state index in [1.54, 1.807) is 0 Å². The third kappa shape index (κ3) is 4.34. The molecule has 0 fully saturated rings. The summed E-state index contributed by atoms with van der Waals surface area (Å²) < 4.78 is 5.65. The first-order chi connectivity index (χ1) is 7.26. The van der Waals surface area contributed by atoms with Crippen molar-refractivity contribution in [3.05, 3.63) is 29.8 Å². The monoisotopic (exact) mass is 208 g/mol. The van der Waals surface area contributed by atoms with Crippen molar-refractivity contribution < 1.29 is 9.84 Å². The number of aliphatic hydroxyl groups excluding tert-OH is 1. The van der Waals surface area contributed by atoms with Crippen LogP contribution < -0.4 is 4.74 Å². The molecule has 1 aromatic carbocycles. The molecule has 0 aliphatic carbocycles. The van der Waals surface area contributed by atoms with E-state index in [4.69, 9.17) is 9.84 Å². The summed E-state index contributed by atoms with van der Waals surface area (Å²) in [6, 6.07) is 7.62. The summed E-state index contributed by atoms with van der Waals surface area (Å²) in [7, 11) is 0. The Morgan fingerprint density at radius 3 is 2.87 bits per heavy atom. The molecule has 1 atom stereocenters. The fraction of sp³-hybridized carbons (Fsp3) is 0.538. The van der Waals surface area contributed by atoms with Crippen molar-refractivity contribution in [2.45, 2.75) is 33.3 Å². The van der Waals surface area contributed by atoms with Gasteiger partial charge in [-0.3, -0.25) is 0 Å². The van der Waals surface area contributed by atoms with Gasteiger partial charge in [-0.2, -0.15) is 0 Å². The Kier molecular flexibility index (Phi) is 5.19. The Hall–Kier alpha value is -1.02. The van der Waals surface area contributed by atoms with E-state index in [9.17, 15) is 0 Å². The minimum absolute atomic E-state index is 0.0711. The maximum Gasteiger partial charge on any atom is 0.119 e. The average molecular weight is 208 g/mol. The highest BCUT2D eigenvalue weighted by molar-refractivity contribution is 5.27. The predicted octanol–water partition coefficient (Wildman–Crippen LogP) is 2.99. The zero-order chi connectivity index (χ0) is 11.1. The summed E-state index contributed by atoms with van der Waals surface area (Å²) in [6.07, 6.45) is 2.39. The number of ether oxygens (including phenoxy) is 1. The van der Waals surface area contributed by atoms with Gasteiger partial charge in [0.2, 0.25) is 0 Å². The Bertz CT molecular complexity index is 284. The second-order valence-corrected chi connectivity index (χ2v) is 4.01. The average Bonchev–Trinajstić information content (AvgIpc) is 2.27. The Balaban J connectivity index is 2.43. The maximum absolute atomic E-state index is 8.97. The molecule has 0 aliphatic heterocycles. The van der Waals surface area contributed by atoms with Crippen molar-refractivity contribution in [1.82, 2.24) is 0 Å². The third-order valence-electron chi connectivity index (χ3n) is 2.40. The van der Waals surface area contributed by atoms with Crippen LogP contribution in [0.1, 0.15) is 32.3 Å². The normalized spacial score (nSPS) is 12.5. The first kappa shape index (κ1) is 12.1. The molecule has 0 aromatic heterocycles. The summed E-state index contributed by atoms with van der Waals surface area (Å²) in [5.41, 5.74) is 0.899. The van der Waals surface area contributed by atoms with Gasteiger partial charge >= 0.3 is 0 Å².